The molecule has 1 atom stereocenters. The standard InChI is InChI=1S/C10H13BrN2O3S/c1-17-3-2-7(10(15)16)13-9(14)8-4-6(11)5-12-8/h4-5,7,12H,2-3H2,1H3,(H,13,14)(H,15,16). The Morgan fingerprint density at radius 2 is 2.35 bits per heavy atom. The Bertz CT molecular complexity index is 408. The van der Waals surface area contributed by atoms with Gasteiger partial charge in [-0.3, -0.25) is 4.79 Å². The maximum absolute atomic E-state index is 11.7. The Morgan fingerprint density at radius 1 is 1.65 bits per heavy atom. The monoisotopic (exact) mass is 320 g/mol. The third kappa shape index (κ3) is 4.43. The van der Waals surface area contributed by atoms with E-state index in [4.69, 9.17) is 5.11 Å². The summed E-state index contributed by atoms with van der Waals surface area (Å²) >= 11 is 4.75. The highest BCUT2D eigenvalue weighted by molar-refractivity contribution is 9.10. The van der Waals surface area contributed by atoms with E-state index in [0.29, 0.717) is 17.9 Å². The van der Waals surface area contributed by atoms with Gasteiger partial charge >= 0.3 is 5.97 Å². The van der Waals surface area contributed by atoms with Crippen molar-refractivity contribution in [2.45, 2.75) is 12.5 Å². The van der Waals surface area contributed by atoms with E-state index in [9.17, 15) is 9.59 Å². The molecule has 5 nitrogen and oxygen atoms in total. The number of carboxylic acid groups (broad SMARTS) is 1. The highest BCUT2D eigenvalue weighted by atomic mass is 79.9. The zero-order chi connectivity index (χ0) is 12.8. The molecular weight excluding hydrogens is 308 g/mol. The molecule has 1 heterocycles. The van der Waals surface area contributed by atoms with Crippen LogP contribution < -0.4 is 5.32 Å². The molecule has 0 aromatic carbocycles. The van der Waals surface area contributed by atoms with Crippen LogP contribution in [0.25, 0.3) is 0 Å². The highest BCUT2D eigenvalue weighted by Crippen LogP contribution is 2.11. The molecule has 3 N–H and O–H groups in total. The summed E-state index contributed by atoms with van der Waals surface area (Å²) in [5.41, 5.74) is 0.340. The summed E-state index contributed by atoms with van der Waals surface area (Å²) in [6.45, 7) is 0. The summed E-state index contributed by atoms with van der Waals surface area (Å²) in [7, 11) is 0. The van der Waals surface area contributed by atoms with Crippen molar-refractivity contribution in [3.8, 4) is 0 Å². The molecular formula is C10H13BrN2O3S. The van der Waals surface area contributed by atoms with Crippen LogP contribution in [0.3, 0.4) is 0 Å². The van der Waals surface area contributed by atoms with Crippen LogP contribution in [0.15, 0.2) is 16.7 Å². The first-order valence-corrected chi connectivity index (χ1v) is 7.09. The Hall–Kier alpha value is -0.950. The molecule has 94 valence electrons. The van der Waals surface area contributed by atoms with Gasteiger partial charge in [-0.05, 0) is 40.4 Å². The van der Waals surface area contributed by atoms with Crippen molar-refractivity contribution in [3.05, 3.63) is 22.4 Å². The first-order valence-electron chi connectivity index (χ1n) is 4.91. The van der Waals surface area contributed by atoms with E-state index in [1.54, 1.807) is 24.0 Å². The molecule has 17 heavy (non-hydrogen) atoms. The van der Waals surface area contributed by atoms with E-state index in [1.807, 2.05) is 6.26 Å². The molecule has 7 heteroatoms. The van der Waals surface area contributed by atoms with Crippen molar-refractivity contribution in [1.29, 1.82) is 0 Å². The van der Waals surface area contributed by atoms with Crippen molar-refractivity contribution >= 4 is 39.6 Å². The lowest BCUT2D eigenvalue weighted by Gasteiger charge is -2.13. The predicted molar refractivity (Wildman–Crippen MR) is 70.4 cm³/mol. The van der Waals surface area contributed by atoms with Crippen LogP contribution >= 0.6 is 27.7 Å². The number of halogens is 1. The molecule has 1 unspecified atom stereocenters. The van der Waals surface area contributed by atoms with Gasteiger partial charge in [0.2, 0.25) is 0 Å². The second-order valence-electron chi connectivity index (χ2n) is 3.38. The second kappa shape index (κ2) is 6.70. The van der Waals surface area contributed by atoms with Gasteiger partial charge in [0.15, 0.2) is 0 Å². The van der Waals surface area contributed by atoms with E-state index >= 15 is 0 Å². The number of thioether (sulfide) groups is 1. The number of aliphatic carboxylic acids is 1. The van der Waals surface area contributed by atoms with E-state index in [0.717, 1.165) is 4.47 Å². The van der Waals surface area contributed by atoms with Crippen molar-refractivity contribution in [2.75, 3.05) is 12.0 Å². The van der Waals surface area contributed by atoms with Crippen LogP contribution in [0.4, 0.5) is 0 Å². The van der Waals surface area contributed by atoms with Gasteiger partial charge in [-0.25, -0.2) is 4.79 Å². The lowest BCUT2D eigenvalue weighted by Crippen LogP contribution is -2.41. The number of aromatic amines is 1. The number of carboxylic acids is 1. The molecule has 1 aromatic heterocycles. The van der Waals surface area contributed by atoms with Gasteiger partial charge in [-0.2, -0.15) is 11.8 Å². The Labute approximate surface area is 111 Å². The zero-order valence-electron chi connectivity index (χ0n) is 9.20. The van der Waals surface area contributed by atoms with Crippen molar-refractivity contribution in [2.24, 2.45) is 0 Å². The number of H-pyrrole nitrogens is 1. The van der Waals surface area contributed by atoms with Crippen LogP contribution in [0, 0.1) is 0 Å². The van der Waals surface area contributed by atoms with Gasteiger partial charge in [-0.15, -0.1) is 0 Å². The predicted octanol–water partition coefficient (Wildman–Crippen LogP) is 1.71. The molecule has 0 spiro atoms. The molecule has 0 bridgehead atoms. The number of rotatable bonds is 6. The van der Waals surface area contributed by atoms with Crippen LogP contribution in [0.1, 0.15) is 16.9 Å². The maximum atomic E-state index is 11.7. The SMILES string of the molecule is CSCCC(NC(=O)c1cc(Br)c[nH]1)C(=O)O. The summed E-state index contributed by atoms with van der Waals surface area (Å²) in [6, 6.07) is 0.750. The molecule has 1 amide bonds. The minimum atomic E-state index is -1.02. The number of nitrogens with one attached hydrogen (secondary N) is 2. The van der Waals surface area contributed by atoms with Gasteiger partial charge in [0.1, 0.15) is 11.7 Å². The molecule has 0 saturated heterocycles. The van der Waals surface area contributed by atoms with Crippen LogP contribution in [-0.4, -0.2) is 40.0 Å². The normalized spacial score (nSPS) is 12.1. The topological polar surface area (TPSA) is 82.2 Å². The Morgan fingerprint density at radius 3 is 2.82 bits per heavy atom. The van der Waals surface area contributed by atoms with Crippen LogP contribution in [-0.2, 0) is 4.79 Å². The van der Waals surface area contributed by atoms with Crippen molar-refractivity contribution < 1.29 is 14.7 Å². The quantitative estimate of drug-likeness (QED) is 0.745. The zero-order valence-corrected chi connectivity index (χ0v) is 11.6. The van der Waals surface area contributed by atoms with E-state index in [1.165, 1.54) is 0 Å². The fourth-order valence-corrected chi connectivity index (χ4v) is 2.04. The van der Waals surface area contributed by atoms with Crippen LogP contribution in [0.2, 0.25) is 0 Å². The van der Waals surface area contributed by atoms with Gasteiger partial charge in [0.05, 0.1) is 0 Å². The van der Waals surface area contributed by atoms with Crippen molar-refractivity contribution in [3.63, 3.8) is 0 Å². The molecule has 0 aliphatic carbocycles. The summed E-state index contributed by atoms with van der Waals surface area (Å²) in [6.07, 6.45) is 3.92. The highest BCUT2D eigenvalue weighted by Gasteiger charge is 2.20. The third-order valence-corrected chi connectivity index (χ3v) is 3.21. The maximum Gasteiger partial charge on any atom is 0.326 e. The number of carbonyl (C=O) groups excluding carboxylic acids is 1. The lowest BCUT2D eigenvalue weighted by atomic mass is 10.2. The minimum Gasteiger partial charge on any atom is -0.480 e. The lowest BCUT2D eigenvalue weighted by molar-refractivity contribution is -0.139. The number of hydrogen-bond donors (Lipinski definition) is 3. The fraction of sp³-hybridized carbons (Fsp3) is 0.400. The summed E-state index contributed by atoms with van der Waals surface area (Å²) in [5, 5.41) is 11.4. The Kier molecular flexibility index (Phi) is 5.57. The van der Waals surface area contributed by atoms with Gasteiger partial charge in [0.25, 0.3) is 5.91 Å². The molecule has 1 rings (SSSR count). The summed E-state index contributed by atoms with van der Waals surface area (Å²) in [5.74, 6) is -0.742. The number of carbonyl (C=O) groups is 2. The first kappa shape index (κ1) is 14.1. The number of aromatic nitrogens is 1. The van der Waals surface area contributed by atoms with Crippen LogP contribution in [0.5, 0.6) is 0 Å². The average molecular weight is 321 g/mol. The van der Waals surface area contributed by atoms with Gasteiger partial charge in [-0.1, -0.05) is 0 Å². The first-order chi connectivity index (χ1) is 8.04. The fourth-order valence-electron chi connectivity index (χ4n) is 1.23. The Balaban J connectivity index is 2.60. The van der Waals surface area contributed by atoms with E-state index in [2.05, 4.69) is 26.2 Å². The van der Waals surface area contributed by atoms with Crippen molar-refractivity contribution in [1.82, 2.24) is 10.3 Å². The minimum absolute atomic E-state index is 0.340. The molecule has 1 aromatic rings. The molecule has 0 radical (unpaired) electrons. The molecule has 0 aliphatic rings. The molecule has 0 fully saturated rings. The summed E-state index contributed by atoms with van der Waals surface area (Å²) < 4.78 is 0.749. The third-order valence-electron chi connectivity index (χ3n) is 2.11. The molecule has 0 aliphatic heterocycles. The number of amides is 1. The smallest absolute Gasteiger partial charge is 0.326 e. The van der Waals surface area contributed by atoms with Gasteiger partial charge in [0, 0.05) is 10.7 Å². The largest absolute Gasteiger partial charge is 0.480 e. The average Bonchev–Trinajstić information content (AvgIpc) is 2.70. The van der Waals surface area contributed by atoms with Gasteiger partial charge < -0.3 is 15.4 Å². The van der Waals surface area contributed by atoms with E-state index < -0.39 is 17.9 Å². The second-order valence-corrected chi connectivity index (χ2v) is 5.28. The summed E-state index contributed by atoms with van der Waals surface area (Å²) in [4.78, 5) is 25.4. The number of hydrogen-bond acceptors (Lipinski definition) is 3. The van der Waals surface area contributed by atoms with E-state index in [-0.39, 0.29) is 0 Å². The molecule has 0 saturated carbocycles.